The Kier molecular flexibility index (Phi) is 4.21. The van der Waals surface area contributed by atoms with E-state index in [4.69, 9.17) is 0 Å². The molecule has 0 bridgehead atoms. The van der Waals surface area contributed by atoms with Gasteiger partial charge in [0.05, 0.1) is 5.69 Å². The number of aromatic nitrogens is 1. The Morgan fingerprint density at radius 1 is 0.522 bits per heavy atom. The van der Waals surface area contributed by atoms with Gasteiger partial charge in [-0.15, -0.1) is 0 Å². The molecule has 0 spiro atoms. The third-order valence-electron chi connectivity index (χ3n) is 2.34. The molecule has 2 N–H and O–H groups in total. The number of anilines is 1. The molecule has 0 atom stereocenters. The molecule has 0 aromatic carbocycles. The molecule has 0 aliphatic carbocycles. The molecular weight excluding hydrogens is 364 g/mol. The van der Waals surface area contributed by atoms with Crippen LogP contribution in [0.4, 0.5) is 58.4 Å². The number of hydrogen-bond acceptors (Lipinski definition) is 2. The number of pyridine rings is 1. The zero-order valence-electron chi connectivity index (χ0n) is 10.1. The molecule has 0 radical (unpaired) electrons. The number of halogens is 12. The van der Waals surface area contributed by atoms with Gasteiger partial charge in [0.15, 0.2) is 11.4 Å². The van der Waals surface area contributed by atoms with E-state index >= 15 is 0 Å². The Bertz CT molecular complexity index is 553. The van der Waals surface area contributed by atoms with Gasteiger partial charge in [0.1, 0.15) is 11.1 Å². The van der Waals surface area contributed by atoms with Gasteiger partial charge in [-0.3, -0.25) is 0 Å². The van der Waals surface area contributed by atoms with Crippen molar-refractivity contribution in [2.75, 3.05) is 5.73 Å². The van der Waals surface area contributed by atoms with Gasteiger partial charge >= 0.3 is 24.7 Å². The van der Waals surface area contributed by atoms with E-state index in [-0.39, 0.29) is 0 Å². The molecule has 0 amide bonds. The minimum atomic E-state index is -6.12. The summed E-state index contributed by atoms with van der Waals surface area (Å²) in [5.41, 5.74) is -11.1. The van der Waals surface area contributed by atoms with E-state index in [2.05, 4.69) is 5.73 Å². The van der Waals surface area contributed by atoms with Crippen LogP contribution in [0.5, 0.6) is 0 Å². The highest BCUT2D eigenvalue weighted by atomic mass is 19.4. The van der Waals surface area contributed by atoms with Gasteiger partial charge in [0.2, 0.25) is 0 Å². The van der Waals surface area contributed by atoms with E-state index in [1.165, 1.54) is 4.98 Å². The first-order valence-electron chi connectivity index (χ1n) is 5.00. The van der Waals surface area contributed by atoms with E-state index < -0.39 is 52.9 Å². The summed E-state index contributed by atoms with van der Waals surface area (Å²) in [7, 11) is 0. The van der Waals surface area contributed by atoms with Crippen molar-refractivity contribution in [1.82, 2.24) is 4.98 Å². The molecule has 132 valence electrons. The lowest BCUT2D eigenvalue weighted by atomic mass is 10.0. The van der Waals surface area contributed by atoms with Crippen LogP contribution < -0.4 is 5.73 Å². The van der Waals surface area contributed by atoms with Crippen LogP contribution in [0, 0.1) is 0 Å². The van der Waals surface area contributed by atoms with E-state index in [0.29, 0.717) is 0 Å². The van der Waals surface area contributed by atoms with Crippen molar-refractivity contribution in [3.63, 3.8) is 0 Å². The summed E-state index contributed by atoms with van der Waals surface area (Å²) in [6, 6.07) is 0. The van der Waals surface area contributed by atoms with Crippen molar-refractivity contribution < 1.29 is 52.7 Å². The molecule has 0 aliphatic rings. The number of alkyl halides is 12. The number of nitrogen functional groups attached to an aromatic ring is 1. The Labute approximate surface area is 117 Å². The van der Waals surface area contributed by atoms with Gasteiger partial charge in [-0.1, -0.05) is 0 Å². The zero-order valence-corrected chi connectivity index (χ0v) is 10.1. The predicted molar refractivity (Wildman–Crippen MR) is 48.7 cm³/mol. The summed E-state index contributed by atoms with van der Waals surface area (Å²) in [5, 5.41) is 0. The molecule has 0 saturated carbocycles. The molecule has 0 fully saturated rings. The minimum absolute atomic E-state index is 1.54. The second kappa shape index (κ2) is 5.06. The topological polar surface area (TPSA) is 38.9 Å². The molecule has 1 heterocycles. The fraction of sp³-hybridized carbons (Fsp3) is 0.444. The molecule has 2 nitrogen and oxygen atoms in total. The van der Waals surface area contributed by atoms with Crippen LogP contribution in [0.1, 0.15) is 22.5 Å². The van der Waals surface area contributed by atoms with Crippen molar-refractivity contribution in [2.45, 2.75) is 24.7 Å². The van der Waals surface area contributed by atoms with Crippen LogP contribution in [0.2, 0.25) is 0 Å². The highest BCUT2D eigenvalue weighted by Crippen LogP contribution is 2.50. The van der Waals surface area contributed by atoms with Crippen LogP contribution in [-0.2, 0) is 24.7 Å². The third-order valence-corrected chi connectivity index (χ3v) is 2.34. The standard InChI is InChI=1S/C9H2F12N2/c10-6(11,12)1-3(22)2(7(13,14)15)5(9(19,20)21)23-4(1)8(16,17)18/h(H2,22,23). The molecular formula is C9H2F12N2. The maximum atomic E-state index is 12.6. The molecule has 0 aliphatic heterocycles. The fourth-order valence-corrected chi connectivity index (χ4v) is 1.59. The summed E-state index contributed by atoms with van der Waals surface area (Å²) >= 11 is 0. The monoisotopic (exact) mass is 366 g/mol. The molecule has 14 heteroatoms. The maximum absolute atomic E-state index is 12.6. The summed E-state index contributed by atoms with van der Waals surface area (Å²) in [6.45, 7) is 0. The lowest BCUT2D eigenvalue weighted by molar-refractivity contribution is -0.175. The first-order chi connectivity index (χ1) is 9.88. The Morgan fingerprint density at radius 3 is 0.957 bits per heavy atom. The molecule has 1 aromatic rings. The Morgan fingerprint density at radius 2 is 0.783 bits per heavy atom. The van der Waals surface area contributed by atoms with Crippen LogP contribution in [0.3, 0.4) is 0 Å². The maximum Gasteiger partial charge on any atom is 0.434 e. The van der Waals surface area contributed by atoms with Gasteiger partial charge in [0, 0.05) is 0 Å². The van der Waals surface area contributed by atoms with Crippen LogP contribution >= 0.6 is 0 Å². The van der Waals surface area contributed by atoms with Gasteiger partial charge in [-0.25, -0.2) is 4.98 Å². The van der Waals surface area contributed by atoms with E-state index in [0.717, 1.165) is 0 Å². The zero-order chi connectivity index (χ0) is 18.6. The van der Waals surface area contributed by atoms with Crippen molar-refractivity contribution >= 4 is 5.69 Å². The number of rotatable bonds is 0. The van der Waals surface area contributed by atoms with Gasteiger partial charge in [-0.2, -0.15) is 52.7 Å². The lowest BCUT2D eigenvalue weighted by Gasteiger charge is -2.23. The molecule has 0 unspecified atom stereocenters. The van der Waals surface area contributed by atoms with E-state index in [1.807, 2.05) is 0 Å². The molecule has 1 rings (SSSR count). The van der Waals surface area contributed by atoms with E-state index in [9.17, 15) is 52.7 Å². The third kappa shape index (κ3) is 3.72. The first kappa shape index (κ1) is 19.2. The molecule has 1 aromatic heterocycles. The largest absolute Gasteiger partial charge is 0.434 e. The molecule has 0 saturated heterocycles. The summed E-state index contributed by atoms with van der Waals surface area (Å²) in [6.07, 6.45) is -24.5. The van der Waals surface area contributed by atoms with Crippen molar-refractivity contribution in [3.05, 3.63) is 22.5 Å². The second-order valence-corrected chi connectivity index (χ2v) is 3.96. The van der Waals surface area contributed by atoms with Crippen molar-refractivity contribution in [1.29, 1.82) is 0 Å². The van der Waals surface area contributed by atoms with Crippen LogP contribution in [0.15, 0.2) is 0 Å². The quantitative estimate of drug-likeness (QED) is 0.674. The number of nitrogens with two attached hydrogens (primary N) is 1. The predicted octanol–water partition coefficient (Wildman–Crippen LogP) is 4.74. The summed E-state index contributed by atoms with van der Waals surface area (Å²) in [4.78, 5) is 1.54. The summed E-state index contributed by atoms with van der Waals surface area (Å²) < 4.78 is 150. The average Bonchev–Trinajstić information content (AvgIpc) is 2.20. The molecule has 23 heavy (non-hydrogen) atoms. The average molecular weight is 366 g/mol. The Hall–Kier alpha value is -1.89. The van der Waals surface area contributed by atoms with E-state index in [1.54, 1.807) is 0 Å². The van der Waals surface area contributed by atoms with Gasteiger partial charge < -0.3 is 5.73 Å². The van der Waals surface area contributed by atoms with Crippen molar-refractivity contribution in [3.8, 4) is 0 Å². The van der Waals surface area contributed by atoms with Crippen LogP contribution in [0.25, 0.3) is 0 Å². The highest BCUT2D eigenvalue weighted by Gasteiger charge is 2.54. The van der Waals surface area contributed by atoms with Gasteiger partial charge in [0.25, 0.3) is 0 Å². The number of hydrogen-bond donors (Lipinski definition) is 1. The number of nitrogens with zero attached hydrogens (tertiary/aromatic N) is 1. The lowest BCUT2D eigenvalue weighted by Crippen LogP contribution is -2.28. The van der Waals surface area contributed by atoms with Gasteiger partial charge in [-0.05, 0) is 0 Å². The fourth-order valence-electron chi connectivity index (χ4n) is 1.59. The second-order valence-electron chi connectivity index (χ2n) is 3.96. The normalized spacial score (nSPS) is 14.3. The smallest absolute Gasteiger partial charge is 0.398 e. The summed E-state index contributed by atoms with van der Waals surface area (Å²) in [5.74, 6) is 0. The Balaban J connectivity index is 4.09. The van der Waals surface area contributed by atoms with Crippen LogP contribution in [-0.4, -0.2) is 4.98 Å². The van der Waals surface area contributed by atoms with Crippen molar-refractivity contribution in [2.24, 2.45) is 0 Å². The minimum Gasteiger partial charge on any atom is -0.398 e. The first-order valence-corrected chi connectivity index (χ1v) is 5.00. The SMILES string of the molecule is Nc1c(C(F)(F)F)c(C(F)(F)F)nc(C(F)(F)F)c1C(F)(F)F. The highest BCUT2D eigenvalue weighted by molar-refractivity contribution is 5.61.